The van der Waals surface area contributed by atoms with Gasteiger partial charge in [-0.25, -0.2) is 0 Å². The van der Waals surface area contributed by atoms with Gasteiger partial charge in [0, 0.05) is 6.10 Å². The highest BCUT2D eigenvalue weighted by Crippen LogP contribution is 2.63. The molecule has 0 N–H and O–H groups in total. The molecule has 0 bridgehead atoms. The third-order valence-corrected chi connectivity index (χ3v) is 16.5. The third kappa shape index (κ3) is 5.81. The second kappa shape index (κ2) is 9.73. The van der Waals surface area contributed by atoms with Crippen molar-refractivity contribution in [2.75, 3.05) is 0 Å². The summed E-state index contributed by atoms with van der Waals surface area (Å²) in [5.41, 5.74) is 1.42. The van der Waals surface area contributed by atoms with Crippen LogP contribution in [0.2, 0.25) is 17.1 Å². The molecule has 188 valence electrons. The maximum atomic E-state index is 7.65. The summed E-state index contributed by atoms with van der Waals surface area (Å²) in [5, 5.41) is 0.195. The molecule has 0 radical (unpaired) electrons. The van der Waals surface area contributed by atoms with E-state index in [0.717, 1.165) is 9.31 Å². The molecule has 2 saturated carbocycles. The van der Waals surface area contributed by atoms with Crippen LogP contribution in [0.3, 0.4) is 0 Å². The first-order valence-electron chi connectivity index (χ1n) is 13.0. The van der Waals surface area contributed by atoms with E-state index >= 15 is 0 Å². The highest BCUT2D eigenvalue weighted by molar-refractivity contribution is 9.28. The lowest BCUT2D eigenvalue weighted by atomic mass is 9.62. The standard InChI is InChI=1S/C28H52Br2OSi/c1-19(18-23(29)30)20-15-16-21-22(14-13-17-28(20,21)11)31-32(12,27(8,9)10)24(25(2,3)4)26(5,6)7/h18-22,24H,13-17H2,1-12H3/t19-,20+,21-,22-,28+,32?/m0/s1. The number of hydrogen-bond donors (Lipinski definition) is 0. The molecule has 0 heterocycles. The fourth-order valence-corrected chi connectivity index (χ4v) is 14.8. The molecule has 2 rings (SSSR count). The van der Waals surface area contributed by atoms with E-state index in [9.17, 15) is 0 Å². The lowest BCUT2D eigenvalue weighted by Gasteiger charge is -2.58. The topological polar surface area (TPSA) is 9.23 Å². The SMILES string of the molecule is C[C@@H](C=C(Br)Br)[C@H]1CC[C@H]2[C@@H](O[Si](C)(C(C(C)(C)C)C(C)(C)C)C(C)(C)C)CCC[C@]12C. The molecule has 0 saturated heterocycles. The molecular formula is C28H52Br2OSi. The first-order valence-corrected chi connectivity index (χ1v) is 17.0. The fraction of sp³-hybridized carbons (Fsp3) is 0.929. The van der Waals surface area contributed by atoms with E-state index in [4.69, 9.17) is 4.43 Å². The quantitative estimate of drug-likeness (QED) is 0.289. The van der Waals surface area contributed by atoms with Crippen LogP contribution in [-0.2, 0) is 4.43 Å². The highest BCUT2D eigenvalue weighted by Gasteiger charge is 2.60. The third-order valence-electron chi connectivity index (χ3n) is 9.33. The molecule has 0 amide bonds. The first-order chi connectivity index (χ1) is 14.2. The van der Waals surface area contributed by atoms with Gasteiger partial charge in [0.25, 0.3) is 0 Å². The van der Waals surface area contributed by atoms with Gasteiger partial charge in [0.05, 0.1) is 3.39 Å². The van der Waals surface area contributed by atoms with Crippen LogP contribution in [0.15, 0.2) is 9.47 Å². The van der Waals surface area contributed by atoms with Crippen molar-refractivity contribution in [1.82, 2.24) is 0 Å². The Morgan fingerprint density at radius 3 is 1.94 bits per heavy atom. The Balaban J connectivity index is 2.45. The Labute approximate surface area is 218 Å². The molecule has 0 spiro atoms. The van der Waals surface area contributed by atoms with Gasteiger partial charge >= 0.3 is 0 Å². The molecule has 1 nitrogen and oxygen atoms in total. The van der Waals surface area contributed by atoms with Crippen molar-refractivity contribution in [1.29, 1.82) is 0 Å². The summed E-state index contributed by atoms with van der Waals surface area (Å²) in [6, 6.07) is 0. The van der Waals surface area contributed by atoms with Crippen molar-refractivity contribution in [3.8, 4) is 0 Å². The van der Waals surface area contributed by atoms with E-state index in [-0.39, 0.29) is 15.9 Å². The smallest absolute Gasteiger partial charge is 0.199 e. The zero-order valence-electron chi connectivity index (χ0n) is 23.2. The normalized spacial score (nSPS) is 32.4. The van der Waals surface area contributed by atoms with Crippen molar-refractivity contribution in [2.45, 2.75) is 131 Å². The predicted molar refractivity (Wildman–Crippen MR) is 152 cm³/mol. The van der Waals surface area contributed by atoms with Crippen LogP contribution in [0.25, 0.3) is 0 Å². The van der Waals surface area contributed by atoms with Crippen LogP contribution in [-0.4, -0.2) is 14.4 Å². The molecular weight excluding hydrogens is 540 g/mol. The largest absolute Gasteiger partial charge is 0.413 e. The maximum Gasteiger partial charge on any atom is 0.199 e. The van der Waals surface area contributed by atoms with Crippen LogP contribution >= 0.6 is 31.9 Å². The first kappa shape index (κ1) is 29.1. The molecule has 4 heteroatoms. The molecule has 0 aromatic heterocycles. The van der Waals surface area contributed by atoms with Crippen molar-refractivity contribution in [2.24, 2.45) is 34.0 Å². The van der Waals surface area contributed by atoms with Crippen molar-refractivity contribution in [3.05, 3.63) is 9.47 Å². The second-order valence-corrected chi connectivity index (χ2v) is 22.0. The number of hydrogen-bond acceptors (Lipinski definition) is 1. The summed E-state index contributed by atoms with van der Waals surface area (Å²) in [7, 11) is -2.13. The Morgan fingerprint density at radius 1 is 0.969 bits per heavy atom. The highest BCUT2D eigenvalue weighted by atomic mass is 79.9. The molecule has 6 atom stereocenters. The van der Waals surface area contributed by atoms with E-state index in [2.05, 4.69) is 121 Å². The van der Waals surface area contributed by atoms with Crippen molar-refractivity contribution >= 4 is 40.2 Å². The predicted octanol–water partition coefficient (Wildman–Crippen LogP) is 10.7. The molecule has 0 aromatic rings. The maximum absolute atomic E-state index is 7.65. The van der Waals surface area contributed by atoms with E-state index < -0.39 is 8.32 Å². The fourth-order valence-electron chi connectivity index (χ4n) is 8.42. The number of fused-ring (bicyclic) bond motifs is 1. The van der Waals surface area contributed by atoms with Crippen LogP contribution in [0.5, 0.6) is 0 Å². The minimum Gasteiger partial charge on any atom is -0.413 e. The van der Waals surface area contributed by atoms with Gasteiger partial charge < -0.3 is 4.43 Å². The Morgan fingerprint density at radius 2 is 1.50 bits per heavy atom. The van der Waals surface area contributed by atoms with Gasteiger partial charge in [-0.15, -0.1) is 0 Å². The molecule has 0 aromatic carbocycles. The Bertz CT molecular complexity index is 665. The van der Waals surface area contributed by atoms with Gasteiger partial charge in [0.15, 0.2) is 8.32 Å². The van der Waals surface area contributed by atoms with E-state index in [0.29, 0.717) is 28.9 Å². The molecule has 0 aliphatic heterocycles. The summed E-state index contributed by atoms with van der Waals surface area (Å²) in [5.74, 6) is 2.02. The van der Waals surface area contributed by atoms with E-state index in [1.165, 1.54) is 32.1 Å². The van der Waals surface area contributed by atoms with Gasteiger partial charge in [-0.1, -0.05) is 88.7 Å². The lowest BCUT2D eigenvalue weighted by molar-refractivity contribution is -0.0222. The minimum absolute atomic E-state index is 0.195. The van der Waals surface area contributed by atoms with Crippen molar-refractivity contribution in [3.63, 3.8) is 0 Å². The van der Waals surface area contributed by atoms with Crippen molar-refractivity contribution < 1.29 is 4.43 Å². The van der Waals surface area contributed by atoms with Crippen LogP contribution in [0.1, 0.15) is 108 Å². The molecule has 1 unspecified atom stereocenters. The van der Waals surface area contributed by atoms with E-state index in [1.54, 1.807) is 0 Å². The zero-order chi connectivity index (χ0) is 24.9. The molecule has 32 heavy (non-hydrogen) atoms. The van der Waals surface area contributed by atoms with Gasteiger partial charge in [-0.2, -0.15) is 0 Å². The summed E-state index contributed by atoms with van der Waals surface area (Å²) in [4.78, 5) is 0. The Hall–Kier alpha value is 0.877. The average Bonchev–Trinajstić information content (AvgIpc) is 2.88. The summed E-state index contributed by atoms with van der Waals surface area (Å²) in [6.45, 7) is 29.7. The zero-order valence-corrected chi connectivity index (χ0v) is 27.3. The molecule has 2 fully saturated rings. The summed E-state index contributed by atoms with van der Waals surface area (Å²) < 4.78 is 8.75. The van der Waals surface area contributed by atoms with Crippen LogP contribution in [0.4, 0.5) is 0 Å². The van der Waals surface area contributed by atoms with Gasteiger partial charge in [0.2, 0.25) is 0 Å². The number of halogens is 2. The van der Waals surface area contributed by atoms with Crippen LogP contribution < -0.4 is 0 Å². The number of rotatable bonds is 5. The van der Waals surface area contributed by atoms with Crippen LogP contribution in [0, 0.1) is 34.0 Å². The second-order valence-electron chi connectivity index (χ2n) is 14.7. The van der Waals surface area contributed by atoms with Gasteiger partial charge in [-0.05, 0) is 109 Å². The number of allylic oxidation sites excluding steroid dienone is 1. The van der Waals surface area contributed by atoms with E-state index in [1.807, 2.05) is 0 Å². The van der Waals surface area contributed by atoms with Gasteiger partial charge in [0.1, 0.15) is 0 Å². The lowest BCUT2D eigenvalue weighted by Crippen LogP contribution is -2.59. The summed E-state index contributed by atoms with van der Waals surface area (Å²) in [6.07, 6.45) is 9.37. The average molecular weight is 593 g/mol. The minimum atomic E-state index is -2.13. The monoisotopic (exact) mass is 590 g/mol. The summed E-state index contributed by atoms with van der Waals surface area (Å²) >= 11 is 7.23. The van der Waals surface area contributed by atoms with Gasteiger partial charge in [-0.3, -0.25) is 0 Å². The molecule has 2 aliphatic carbocycles. The molecule has 2 aliphatic rings. The Kier molecular flexibility index (Phi) is 8.85.